The van der Waals surface area contributed by atoms with Gasteiger partial charge >= 0.3 is 5.97 Å². The molecule has 0 bridgehead atoms. The molecular weight excluding hydrogens is 402 g/mol. The molecule has 32 heavy (non-hydrogen) atoms. The van der Waals surface area contributed by atoms with Gasteiger partial charge in [-0.15, -0.1) is 0 Å². The van der Waals surface area contributed by atoms with E-state index in [1.165, 1.54) is 12.5 Å². The molecule has 5 heteroatoms. The number of ether oxygens (including phenoxy) is 2. The predicted octanol–water partition coefficient (Wildman–Crippen LogP) is 5.21. The molecule has 0 radical (unpaired) electrons. The van der Waals surface area contributed by atoms with Crippen LogP contribution in [0.15, 0.2) is 48.5 Å². The van der Waals surface area contributed by atoms with Crippen molar-refractivity contribution in [3.63, 3.8) is 0 Å². The van der Waals surface area contributed by atoms with E-state index in [9.17, 15) is 9.59 Å². The molecule has 0 saturated heterocycles. The monoisotopic (exact) mass is 433 g/mol. The van der Waals surface area contributed by atoms with Gasteiger partial charge in [0.15, 0.2) is 5.78 Å². The van der Waals surface area contributed by atoms with Crippen LogP contribution in [0.25, 0.3) is 5.57 Å². The number of benzene rings is 2. The second kappa shape index (κ2) is 9.60. The number of anilines is 1. The second-order valence-corrected chi connectivity index (χ2v) is 8.90. The van der Waals surface area contributed by atoms with Gasteiger partial charge < -0.3 is 14.4 Å². The van der Waals surface area contributed by atoms with Crippen molar-refractivity contribution < 1.29 is 19.1 Å². The van der Waals surface area contributed by atoms with Crippen LogP contribution in [0.4, 0.5) is 5.69 Å². The average molecular weight is 434 g/mol. The molecule has 5 nitrogen and oxygen atoms in total. The third kappa shape index (κ3) is 5.04. The quantitative estimate of drug-likeness (QED) is 0.443. The molecule has 1 heterocycles. The Morgan fingerprint density at radius 2 is 2.00 bits per heavy atom. The lowest BCUT2D eigenvalue weighted by Gasteiger charge is -2.38. The van der Waals surface area contributed by atoms with Gasteiger partial charge in [-0.25, -0.2) is 0 Å². The molecule has 2 aliphatic rings. The number of hydrogen-bond acceptors (Lipinski definition) is 5. The molecule has 2 aromatic carbocycles. The fourth-order valence-corrected chi connectivity index (χ4v) is 4.73. The van der Waals surface area contributed by atoms with Gasteiger partial charge in [0.05, 0.1) is 11.8 Å². The van der Waals surface area contributed by atoms with E-state index in [-0.39, 0.29) is 23.8 Å². The molecule has 2 atom stereocenters. The highest BCUT2D eigenvalue weighted by Gasteiger charge is 2.34. The maximum atomic E-state index is 12.1. The lowest BCUT2D eigenvalue weighted by Crippen LogP contribution is -2.34. The van der Waals surface area contributed by atoms with Crippen molar-refractivity contribution in [3.05, 3.63) is 59.7 Å². The van der Waals surface area contributed by atoms with Gasteiger partial charge in [0.1, 0.15) is 11.5 Å². The molecule has 2 aromatic rings. The Bertz CT molecular complexity index is 1030. The number of nitrogens with zero attached hydrogens (tertiary/aromatic N) is 1. The summed E-state index contributed by atoms with van der Waals surface area (Å²) in [5.41, 5.74) is 4.09. The summed E-state index contributed by atoms with van der Waals surface area (Å²) in [6.45, 7) is 4.30. The van der Waals surface area contributed by atoms with Crippen molar-refractivity contribution in [1.82, 2.24) is 0 Å². The maximum Gasteiger partial charge on any atom is 0.308 e. The standard InChI is InChI=1S/C27H31NO4/c1-18(8-7-11-20-9-5-4-6-10-20)31-23-15-25-27(26(16-23)32-19(2)29)24-14-22(30)13-12-21(24)17-28(25)3/h4-6,9-10,14-16,18,21H,7-8,11-13,17H2,1-3H3. The summed E-state index contributed by atoms with van der Waals surface area (Å²) in [4.78, 5) is 26.2. The molecule has 1 aliphatic heterocycles. The highest BCUT2D eigenvalue weighted by molar-refractivity contribution is 6.02. The van der Waals surface area contributed by atoms with E-state index in [1.54, 1.807) is 12.1 Å². The summed E-state index contributed by atoms with van der Waals surface area (Å²) < 4.78 is 11.9. The molecule has 0 N–H and O–H groups in total. The summed E-state index contributed by atoms with van der Waals surface area (Å²) in [5, 5.41) is 0. The van der Waals surface area contributed by atoms with E-state index in [0.29, 0.717) is 17.9 Å². The van der Waals surface area contributed by atoms with Gasteiger partial charge in [-0.1, -0.05) is 30.3 Å². The Labute approximate surface area is 190 Å². The van der Waals surface area contributed by atoms with Crippen LogP contribution in [-0.4, -0.2) is 31.4 Å². The van der Waals surface area contributed by atoms with Crippen LogP contribution in [0.3, 0.4) is 0 Å². The number of ketones is 1. The van der Waals surface area contributed by atoms with Crippen LogP contribution in [-0.2, 0) is 16.0 Å². The van der Waals surface area contributed by atoms with Crippen molar-refractivity contribution >= 4 is 23.0 Å². The largest absolute Gasteiger partial charge is 0.491 e. The lowest BCUT2D eigenvalue weighted by molar-refractivity contribution is -0.131. The first-order valence-electron chi connectivity index (χ1n) is 11.4. The summed E-state index contributed by atoms with van der Waals surface area (Å²) in [5.74, 6) is 1.17. The van der Waals surface area contributed by atoms with E-state index in [0.717, 1.165) is 49.1 Å². The molecule has 168 valence electrons. The van der Waals surface area contributed by atoms with E-state index in [1.807, 2.05) is 19.2 Å². The zero-order valence-electron chi connectivity index (χ0n) is 19.1. The molecular formula is C27H31NO4. The zero-order chi connectivity index (χ0) is 22.7. The molecule has 0 saturated carbocycles. The number of allylic oxidation sites excluding steroid dienone is 1. The highest BCUT2D eigenvalue weighted by atomic mass is 16.5. The van der Waals surface area contributed by atoms with E-state index >= 15 is 0 Å². The Hall–Kier alpha value is -3.08. The number of hydrogen-bond donors (Lipinski definition) is 0. The smallest absolute Gasteiger partial charge is 0.308 e. The second-order valence-electron chi connectivity index (χ2n) is 8.90. The van der Waals surface area contributed by atoms with Crippen molar-refractivity contribution in [3.8, 4) is 11.5 Å². The van der Waals surface area contributed by atoms with E-state index in [2.05, 4.69) is 36.1 Å². The summed E-state index contributed by atoms with van der Waals surface area (Å²) in [6.07, 6.45) is 6.13. The van der Waals surface area contributed by atoms with Crippen LogP contribution < -0.4 is 14.4 Å². The van der Waals surface area contributed by atoms with Crippen molar-refractivity contribution in [2.75, 3.05) is 18.5 Å². The normalized spacial score (nSPS) is 18.3. The molecule has 0 aromatic heterocycles. The fourth-order valence-electron chi connectivity index (χ4n) is 4.73. The first-order chi connectivity index (χ1) is 15.4. The fraction of sp³-hybridized carbons (Fsp3) is 0.407. The maximum absolute atomic E-state index is 12.1. The Kier molecular flexibility index (Phi) is 6.63. The van der Waals surface area contributed by atoms with Crippen molar-refractivity contribution in [2.24, 2.45) is 5.92 Å². The number of aryl methyl sites for hydroxylation is 1. The molecule has 0 amide bonds. The minimum Gasteiger partial charge on any atom is -0.491 e. The van der Waals surface area contributed by atoms with Gasteiger partial charge in [0.2, 0.25) is 0 Å². The molecule has 2 unspecified atom stereocenters. The molecule has 0 fully saturated rings. The number of carbonyl (C=O) groups excluding carboxylic acids is 2. The van der Waals surface area contributed by atoms with Gasteiger partial charge in [-0.2, -0.15) is 0 Å². The molecule has 4 rings (SSSR count). The Balaban J connectivity index is 1.55. The summed E-state index contributed by atoms with van der Waals surface area (Å²) in [7, 11) is 2.04. The third-order valence-electron chi connectivity index (χ3n) is 6.25. The Morgan fingerprint density at radius 1 is 1.22 bits per heavy atom. The minimum atomic E-state index is -0.382. The van der Waals surface area contributed by atoms with Crippen LogP contribution >= 0.6 is 0 Å². The van der Waals surface area contributed by atoms with Gasteiger partial charge in [0.25, 0.3) is 0 Å². The van der Waals surface area contributed by atoms with Crippen LogP contribution in [0.5, 0.6) is 11.5 Å². The minimum absolute atomic E-state index is 0.0269. The van der Waals surface area contributed by atoms with E-state index < -0.39 is 0 Å². The zero-order valence-corrected chi connectivity index (χ0v) is 19.1. The first kappa shape index (κ1) is 22.1. The lowest BCUT2D eigenvalue weighted by atomic mass is 9.79. The molecule has 1 aliphatic carbocycles. The van der Waals surface area contributed by atoms with Crippen LogP contribution in [0, 0.1) is 5.92 Å². The van der Waals surface area contributed by atoms with Gasteiger partial charge in [0, 0.05) is 50.6 Å². The van der Waals surface area contributed by atoms with E-state index in [4.69, 9.17) is 9.47 Å². The predicted molar refractivity (Wildman–Crippen MR) is 126 cm³/mol. The van der Waals surface area contributed by atoms with Crippen molar-refractivity contribution in [2.45, 2.75) is 52.1 Å². The highest BCUT2D eigenvalue weighted by Crippen LogP contribution is 2.48. The first-order valence-corrected chi connectivity index (χ1v) is 11.4. The average Bonchev–Trinajstić information content (AvgIpc) is 2.75. The number of carbonyl (C=O) groups is 2. The van der Waals surface area contributed by atoms with Crippen LogP contribution in [0.2, 0.25) is 0 Å². The summed E-state index contributed by atoms with van der Waals surface area (Å²) in [6, 6.07) is 14.3. The topological polar surface area (TPSA) is 55.8 Å². The van der Waals surface area contributed by atoms with Crippen LogP contribution in [0.1, 0.15) is 50.7 Å². The summed E-state index contributed by atoms with van der Waals surface area (Å²) >= 11 is 0. The third-order valence-corrected chi connectivity index (χ3v) is 6.25. The Morgan fingerprint density at radius 3 is 2.75 bits per heavy atom. The van der Waals surface area contributed by atoms with Gasteiger partial charge in [-0.05, 0) is 49.8 Å². The number of esters is 1. The van der Waals surface area contributed by atoms with Crippen molar-refractivity contribution in [1.29, 1.82) is 0 Å². The number of rotatable bonds is 7. The number of fused-ring (bicyclic) bond motifs is 3. The SMILES string of the molecule is CC(=O)Oc1cc(OC(C)CCCc2ccccc2)cc2c1C1=CC(=O)CCC1CN2C. The van der Waals surface area contributed by atoms with Gasteiger partial charge in [-0.3, -0.25) is 9.59 Å². The molecule has 0 spiro atoms.